The largest absolute Gasteiger partial charge is 0.326 e. The zero-order valence-corrected chi connectivity index (χ0v) is 15.5. The summed E-state index contributed by atoms with van der Waals surface area (Å²) in [6.45, 7) is 8.21. The standard InChI is InChI=1S/C17H28N2O3S/c1-6-14(4)19(23(5,21)22)12-11-17(20)18-16-9-7-15(8-10-16)13(2)3/h7-10,13-14H,6,11-12H2,1-5H3,(H,18,20). The van der Waals surface area contributed by atoms with Crippen molar-refractivity contribution in [1.29, 1.82) is 0 Å². The molecule has 0 spiro atoms. The van der Waals surface area contributed by atoms with Gasteiger partial charge in [0.1, 0.15) is 0 Å². The van der Waals surface area contributed by atoms with Crippen LogP contribution in [0, 0.1) is 0 Å². The van der Waals surface area contributed by atoms with Gasteiger partial charge in [-0.1, -0.05) is 32.9 Å². The highest BCUT2D eigenvalue weighted by Crippen LogP contribution is 2.17. The first-order valence-corrected chi connectivity index (χ1v) is 9.86. The van der Waals surface area contributed by atoms with Gasteiger partial charge in [0.15, 0.2) is 0 Å². The van der Waals surface area contributed by atoms with E-state index in [4.69, 9.17) is 0 Å². The third-order valence-electron chi connectivity index (χ3n) is 3.93. The number of carbonyl (C=O) groups is 1. The third-order valence-corrected chi connectivity index (χ3v) is 5.32. The van der Waals surface area contributed by atoms with Crippen molar-refractivity contribution in [1.82, 2.24) is 4.31 Å². The first-order chi connectivity index (χ1) is 10.6. The van der Waals surface area contributed by atoms with Gasteiger partial charge in [-0.15, -0.1) is 0 Å². The van der Waals surface area contributed by atoms with Gasteiger partial charge in [-0.05, 0) is 37.0 Å². The SMILES string of the molecule is CCC(C)N(CCC(=O)Nc1ccc(C(C)C)cc1)S(C)(=O)=O. The average Bonchev–Trinajstić information content (AvgIpc) is 2.46. The fourth-order valence-electron chi connectivity index (χ4n) is 2.30. The van der Waals surface area contributed by atoms with Gasteiger partial charge < -0.3 is 5.32 Å². The van der Waals surface area contributed by atoms with Crippen LogP contribution in [-0.4, -0.2) is 37.5 Å². The molecule has 1 atom stereocenters. The van der Waals surface area contributed by atoms with Crippen LogP contribution in [0.25, 0.3) is 0 Å². The molecule has 0 bridgehead atoms. The summed E-state index contributed by atoms with van der Waals surface area (Å²) in [4.78, 5) is 12.0. The zero-order chi connectivity index (χ0) is 17.6. The summed E-state index contributed by atoms with van der Waals surface area (Å²) in [5, 5.41) is 2.81. The number of hydrogen-bond acceptors (Lipinski definition) is 3. The van der Waals surface area contributed by atoms with E-state index in [2.05, 4.69) is 19.2 Å². The van der Waals surface area contributed by atoms with Crippen LogP contribution in [0.3, 0.4) is 0 Å². The molecular weight excluding hydrogens is 312 g/mol. The summed E-state index contributed by atoms with van der Waals surface area (Å²) < 4.78 is 25.0. The lowest BCUT2D eigenvalue weighted by Crippen LogP contribution is -2.39. The van der Waals surface area contributed by atoms with E-state index in [-0.39, 0.29) is 24.9 Å². The Morgan fingerprint density at radius 2 is 1.74 bits per heavy atom. The molecular formula is C17H28N2O3S. The van der Waals surface area contributed by atoms with E-state index in [0.717, 1.165) is 5.69 Å². The number of rotatable bonds is 8. The van der Waals surface area contributed by atoms with E-state index in [1.165, 1.54) is 16.1 Å². The van der Waals surface area contributed by atoms with Crippen molar-refractivity contribution in [3.05, 3.63) is 29.8 Å². The highest BCUT2D eigenvalue weighted by Gasteiger charge is 2.22. The van der Waals surface area contributed by atoms with Gasteiger partial charge in [-0.3, -0.25) is 4.79 Å². The van der Waals surface area contributed by atoms with E-state index in [0.29, 0.717) is 12.3 Å². The van der Waals surface area contributed by atoms with E-state index < -0.39 is 10.0 Å². The Kier molecular flexibility index (Phi) is 7.22. The van der Waals surface area contributed by atoms with E-state index in [9.17, 15) is 13.2 Å². The molecule has 0 saturated heterocycles. The molecule has 0 aliphatic carbocycles. The monoisotopic (exact) mass is 340 g/mol. The molecule has 23 heavy (non-hydrogen) atoms. The molecule has 5 nitrogen and oxygen atoms in total. The quantitative estimate of drug-likeness (QED) is 0.790. The maximum absolute atomic E-state index is 12.0. The van der Waals surface area contributed by atoms with Crippen LogP contribution in [-0.2, 0) is 14.8 Å². The number of carbonyl (C=O) groups excluding carboxylic acids is 1. The number of nitrogens with one attached hydrogen (secondary N) is 1. The van der Waals surface area contributed by atoms with Crippen molar-refractivity contribution in [2.45, 2.75) is 52.5 Å². The minimum Gasteiger partial charge on any atom is -0.326 e. The molecule has 1 amide bonds. The molecule has 1 unspecified atom stereocenters. The highest BCUT2D eigenvalue weighted by atomic mass is 32.2. The molecule has 1 aromatic rings. The molecule has 0 saturated carbocycles. The summed E-state index contributed by atoms with van der Waals surface area (Å²) in [6, 6.07) is 7.61. The van der Waals surface area contributed by atoms with Gasteiger partial charge in [0.05, 0.1) is 6.26 Å². The van der Waals surface area contributed by atoms with E-state index in [1.54, 1.807) is 0 Å². The number of nitrogens with zero attached hydrogens (tertiary/aromatic N) is 1. The second-order valence-electron chi connectivity index (χ2n) is 6.21. The zero-order valence-electron chi connectivity index (χ0n) is 14.7. The van der Waals surface area contributed by atoms with Crippen molar-refractivity contribution < 1.29 is 13.2 Å². The Morgan fingerprint density at radius 3 is 2.17 bits per heavy atom. The topological polar surface area (TPSA) is 66.5 Å². The Hall–Kier alpha value is -1.40. The van der Waals surface area contributed by atoms with Crippen LogP contribution in [0.5, 0.6) is 0 Å². The Bertz CT molecular complexity index is 609. The summed E-state index contributed by atoms with van der Waals surface area (Å²) in [5.74, 6) is 0.262. The summed E-state index contributed by atoms with van der Waals surface area (Å²) in [7, 11) is -3.31. The second-order valence-corrected chi connectivity index (χ2v) is 8.14. The Labute approximate surface area is 140 Å². The second kappa shape index (κ2) is 8.45. The van der Waals surface area contributed by atoms with Gasteiger partial charge in [0, 0.05) is 24.7 Å². The van der Waals surface area contributed by atoms with Crippen molar-refractivity contribution in [2.24, 2.45) is 0 Å². The lowest BCUT2D eigenvalue weighted by Gasteiger charge is -2.25. The molecule has 0 aliphatic rings. The van der Waals surface area contributed by atoms with Crippen molar-refractivity contribution in [3.63, 3.8) is 0 Å². The van der Waals surface area contributed by atoms with Gasteiger partial charge in [-0.2, -0.15) is 4.31 Å². The highest BCUT2D eigenvalue weighted by molar-refractivity contribution is 7.88. The maximum Gasteiger partial charge on any atom is 0.225 e. The summed E-state index contributed by atoms with van der Waals surface area (Å²) in [6.07, 6.45) is 2.04. The first kappa shape index (κ1) is 19.6. The molecule has 0 fully saturated rings. The number of anilines is 1. The summed E-state index contributed by atoms with van der Waals surface area (Å²) >= 11 is 0. The fraction of sp³-hybridized carbons (Fsp3) is 0.588. The van der Waals surface area contributed by atoms with Crippen LogP contribution in [0.1, 0.15) is 52.0 Å². The Balaban J connectivity index is 2.62. The number of amides is 1. The van der Waals surface area contributed by atoms with Crippen LogP contribution in [0.2, 0.25) is 0 Å². The first-order valence-electron chi connectivity index (χ1n) is 8.01. The smallest absolute Gasteiger partial charge is 0.225 e. The van der Waals surface area contributed by atoms with Crippen LogP contribution < -0.4 is 5.32 Å². The minimum absolute atomic E-state index is 0.108. The van der Waals surface area contributed by atoms with Crippen LogP contribution in [0.15, 0.2) is 24.3 Å². The van der Waals surface area contributed by atoms with Crippen molar-refractivity contribution >= 4 is 21.6 Å². The van der Waals surface area contributed by atoms with Crippen LogP contribution >= 0.6 is 0 Å². The molecule has 1 N–H and O–H groups in total. The molecule has 1 rings (SSSR count). The van der Waals surface area contributed by atoms with E-state index in [1.807, 2.05) is 38.1 Å². The fourth-order valence-corrected chi connectivity index (χ4v) is 3.53. The lowest BCUT2D eigenvalue weighted by atomic mass is 10.0. The Morgan fingerprint density at radius 1 is 1.17 bits per heavy atom. The number of hydrogen-bond donors (Lipinski definition) is 1. The van der Waals surface area contributed by atoms with Crippen LogP contribution in [0.4, 0.5) is 5.69 Å². The predicted octanol–water partition coefficient (Wildman–Crippen LogP) is 3.20. The molecule has 130 valence electrons. The van der Waals surface area contributed by atoms with Gasteiger partial charge in [0.2, 0.25) is 15.9 Å². The van der Waals surface area contributed by atoms with Crippen molar-refractivity contribution in [3.8, 4) is 0 Å². The van der Waals surface area contributed by atoms with Gasteiger partial charge >= 0.3 is 0 Å². The third kappa shape index (κ3) is 6.31. The minimum atomic E-state index is -3.31. The van der Waals surface area contributed by atoms with E-state index >= 15 is 0 Å². The number of benzene rings is 1. The molecule has 0 radical (unpaired) electrons. The summed E-state index contributed by atoms with van der Waals surface area (Å²) in [5.41, 5.74) is 1.94. The molecule has 1 aromatic carbocycles. The van der Waals surface area contributed by atoms with Gasteiger partial charge in [0.25, 0.3) is 0 Å². The number of sulfonamides is 1. The molecule has 0 aliphatic heterocycles. The normalized spacial score (nSPS) is 13.3. The predicted molar refractivity (Wildman–Crippen MR) is 95.1 cm³/mol. The van der Waals surface area contributed by atoms with Crippen molar-refractivity contribution in [2.75, 3.05) is 18.1 Å². The molecule has 0 aromatic heterocycles. The maximum atomic E-state index is 12.0. The average molecular weight is 340 g/mol. The molecule has 6 heteroatoms. The lowest BCUT2D eigenvalue weighted by molar-refractivity contribution is -0.116. The van der Waals surface area contributed by atoms with Gasteiger partial charge in [-0.25, -0.2) is 8.42 Å². The molecule has 0 heterocycles.